The Morgan fingerprint density at radius 1 is 1.43 bits per heavy atom. The Balaban J connectivity index is 0.000000980. The molecule has 1 heterocycles. The molecule has 1 aromatic carbocycles. The molecule has 2 aromatic rings. The molecular weight excluding hydrogens is 263 g/mol. The molecule has 1 atom stereocenters. The molecule has 2 rings (SSSR count). The summed E-state index contributed by atoms with van der Waals surface area (Å²) in [4.78, 5) is 3.20. The van der Waals surface area contributed by atoms with Crippen LogP contribution in [-0.2, 0) is 0 Å². The molecule has 0 aliphatic carbocycles. The molecule has 0 bridgehead atoms. The van der Waals surface area contributed by atoms with Crippen LogP contribution in [0.5, 0.6) is 0 Å². The van der Waals surface area contributed by atoms with Crippen molar-refractivity contribution in [1.29, 1.82) is 0 Å². The van der Waals surface area contributed by atoms with Gasteiger partial charge in [0.25, 0.3) is 0 Å². The van der Waals surface area contributed by atoms with Crippen LogP contribution < -0.4 is 5.73 Å². The Morgan fingerprint density at radius 3 is 2.79 bits per heavy atom. The predicted molar refractivity (Wildman–Crippen MR) is 65.8 cm³/mol. The van der Waals surface area contributed by atoms with E-state index in [1.54, 1.807) is 0 Å². The lowest BCUT2D eigenvalue weighted by Gasteiger charge is -2.02. The quantitative estimate of drug-likeness (QED) is 0.823. The van der Waals surface area contributed by atoms with Crippen molar-refractivity contribution in [3.05, 3.63) is 34.4 Å². The van der Waals surface area contributed by atoms with Crippen molar-refractivity contribution in [3.63, 3.8) is 0 Å². The number of aromatic nitrogens is 1. The van der Waals surface area contributed by atoms with E-state index in [0.29, 0.717) is 0 Å². The lowest BCUT2D eigenvalue weighted by molar-refractivity contribution is 0.826. The molecule has 0 saturated carbocycles. The zero-order valence-corrected chi connectivity index (χ0v) is 10.2. The molecule has 76 valence electrons. The predicted octanol–water partition coefficient (Wildman–Crippen LogP) is 3.37. The maximum atomic E-state index is 5.84. The van der Waals surface area contributed by atoms with Crippen LogP contribution in [0.1, 0.15) is 18.5 Å². The molecule has 0 radical (unpaired) electrons. The van der Waals surface area contributed by atoms with E-state index in [4.69, 9.17) is 5.73 Å². The molecular formula is C10H12BrClN2. The Hall–Kier alpha value is -0.510. The number of rotatable bonds is 1. The zero-order valence-electron chi connectivity index (χ0n) is 7.75. The SMILES string of the molecule is C[C@H](N)c1c[nH]c2ccc(Br)cc12.Cl. The van der Waals surface area contributed by atoms with Gasteiger partial charge in [-0.1, -0.05) is 15.9 Å². The Kier molecular flexibility index (Phi) is 3.59. The summed E-state index contributed by atoms with van der Waals surface area (Å²) in [5, 5.41) is 1.20. The third-order valence-electron chi connectivity index (χ3n) is 2.17. The monoisotopic (exact) mass is 274 g/mol. The highest BCUT2D eigenvalue weighted by Gasteiger charge is 2.06. The summed E-state index contributed by atoms with van der Waals surface area (Å²) >= 11 is 3.45. The van der Waals surface area contributed by atoms with Gasteiger partial charge in [-0.25, -0.2) is 0 Å². The minimum atomic E-state index is 0. The van der Waals surface area contributed by atoms with E-state index in [1.807, 2.05) is 25.3 Å². The van der Waals surface area contributed by atoms with Gasteiger partial charge in [0.1, 0.15) is 0 Å². The summed E-state index contributed by atoms with van der Waals surface area (Å²) in [6.45, 7) is 1.99. The van der Waals surface area contributed by atoms with Crippen molar-refractivity contribution >= 4 is 39.2 Å². The van der Waals surface area contributed by atoms with Gasteiger partial charge in [-0.3, -0.25) is 0 Å². The standard InChI is InChI=1S/C10H11BrN2.ClH/c1-6(12)9-5-13-10-3-2-7(11)4-8(9)10;/h2-6,13H,12H2,1H3;1H/t6-;/m0./s1. The summed E-state index contributed by atoms with van der Waals surface area (Å²) in [5.41, 5.74) is 8.14. The van der Waals surface area contributed by atoms with Crippen molar-refractivity contribution in [2.24, 2.45) is 5.73 Å². The largest absolute Gasteiger partial charge is 0.361 e. The minimum absolute atomic E-state index is 0. The molecule has 0 aliphatic rings. The third-order valence-corrected chi connectivity index (χ3v) is 2.66. The number of nitrogens with two attached hydrogens (primary N) is 1. The van der Waals surface area contributed by atoms with E-state index in [1.165, 1.54) is 5.39 Å². The van der Waals surface area contributed by atoms with Gasteiger partial charge in [0.15, 0.2) is 0 Å². The van der Waals surface area contributed by atoms with Crippen LogP contribution in [0.25, 0.3) is 10.9 Å². The average Bonchev–Trinajstić information content (AvgIpc) is 2.46. The van der Waals surface area contributed by atoms with E-state index in [2.05, 4.69) is 27.0 Å². The molecule has 14 heavy (non-hydrogen) atoms. The number of H-pyrrole nitrogens is 1. The fraction of sp³-hybridized carbons (Fsp3) is 0.200. The summed E-state index contributed by atoms with van der Waals surface area (Å²) < 4.78 is 1.08. The van der Waals surface area contributed by atoms with E-state index in [0.717, 1.165) is 15.6 Å². The second-order valence-electron chi connectivity index (χ2n) is 3.22. The molecule has 0 unspecified atom stereocenters. The lowest BCUT2D eigenvalue weighted by Crippen LogP contribution is -2.03. The fourth-order valence-corrected chi connectivity index (χ4v) is 1.85. The topological polar surface area (TPSA) is 41.8 Å². The van der Waals surface area contributed by atoms with Crippen LogP contribution in [0.15, 0.2) is 28.9 Å². The summed E-state index contributed by atoms with van der Waals surface area (Å²) in [6, 6.07) is 6.22. The van der Waals surface area contributed by atoms with Gasteiger partial charge in [0, 0.05) is 27.6 Å². The van der Waals surface area contributed by atoms with Crippen molar-refractivity contribution < 1.29 is 0 Å². The van der Waals surface area contributed by atoms with E-state index in [-0.39, 0.29) is 18.4 Å². The first-order chi connectivity index (χ1) is 6.18. The highest BCUT2D eigenvalue weighted by molar-refractivity contribution is 9.10. The Labute approximate surface area is 97.4 Å². The van der Waals surface area contributed by atoms with Gasteiger partial charge in [0.05, 0.1) is 0 Å². The lowest BCUT2D eigenvalue weighted by atomic mass is 10.1. The number of fused-ring (bicyclic) bond motifs is 1. The summed E-state index contributed by atoms with van der Waals surface area (Å²) in [6.07, 6.45) is 1.97. The summed E-state index contributed by atoms with van der Waals surface area (Å²) in [7, 11) is 0. The first kappa shape index (κ1) is 11.6. The van der Waals surface area contributed by atoms with E-state index < -0.39 is 0 Å². The number of halogens is 2. The number of hydrogen-bond donors (Lipinski definition) is 2. The molecule has 0 saturated heterocycles. The summed E-state index contributed by atoms with van der Waals surface area (Å²) in [5.74, 6) is 0. The Morgan fingerprint density at radius 2 is 2.14 bits per heavy atom. The van der Waals surface area contributed by atoms with Crippen molar-refractivity contribution in [1.82, 2.24) is 4.98 Å². The van der Waals surface area contributed by atoms with Gasteiger partial charge < -0.3 is 10.7 Å². The van der Waals surface area contributed by atoms with Gasteiger partial charge >= 0.3 is 0 Å². The molecule has 1 aromatic heterocycles. The molecule has 4 heteroatoms. The zero-order chi connectivity index (χ0) is 9.42. The average molecular weight is 276 g/mol. The first-order valence-corrected chi connectivity index (χ1v) is 5.00. The molecule has 3 N–H and O–H groups in total. The number of benzene rings is 1. The van der Waals surface area contributed by atoms with E-state index in [9.17, 15) is 0 Å². The highest BCUT2D eigenvalue weighted by Crippen LogP contribution is 2.25. The number of aromatic amines is 1. The first-order valence-electron chi connectivity index (χ1n) is 4.20. The molecule has 0 amide bonds. The maximum absolute atomic E-state index is 5.84. The third kappa shape index (κ3) is 1.95. The van der Waals surface area contributed by atoms with Crippen LogP contribution in [0.3, 0.4) is 0 Å². The van der Waals surface area contributed by atoms with Crippen LogP contribution in [0.2, 0.25) is 0 Å². The molecule has 2 nitrogen and oxygen atoms in total. The smallest absolute Gasteiger partial charge is 0.0458 e. The van der Waals surface area contributed by atoms with Gasteiger partial charge in [0.2, 0.25) is 0 Å². The Bertz CT molecular complexity index is 437. The van der Waals surface area contributed by atoms with Gasteiger partial charge in [-0.2, -0.15) is 0 Å². The molecule has 0 spiro atoms. The normalized spacial score (nSPS) is 12.5. The van der Waals surface area contributed by atoms with Gasteiger partial charge in [-0.05, 0) is 30.7 Å². The van der Waals surface area contributed by atoms with Crippen LogP contribution in [0, 0.1) is 0 Å². The van der Waals surface area contributed by atoms with Crippen molar-refractivity contribution in [3.8, 4) is 0 Å². The van der Waals surface area contributed by atoms with Crippen LogP contribution in [0.4, 0.5) is 0 Å². The van der Waals surface area contributed by atoms with Crippen molar-refractivity contribution in [2.75, 3.05) is 0 Å². The highest BCUT2D eigenvalue weighted by atomic mass is 79.9. The van der Waals surface area contributed by atoms with Crippen LogP contribution >= 0.6 is 28.3 Å². The fourth-order valence-electron chi connectivity index (χ4n) is 1.49. The number of hydrogen-bond acceptors (Lipinski definition) is 1. The molecule has 0 aliphatic heterocycles. The van der Waals surface area contributed by atoms with Gasteiger partial charge in [-0.15, -0.1) is 12.4 Å². The second kappa shape index (κ2) is 4.34. The number of nitrogens with one attached hydrogen (secondary N) is 1. The van der Waals surface area contributed by atoms with E-state index >= 15 is 0 Å². The minimum Gasteiger partial charge on any atom is -0.361 e. The second-order valence-corrected chi connectivity index (χ2v) is 4.14. The van der Waals surface area contributed by atoms with Crippen molar-refractivity contribution in [2.45, 2.75) is 13.0 Å². The molecule has 0 fully saturated rings. The van der Waals surface area contributed by atoms with Crippen LogP contribution in [-0.4, -0.2) is 4.98 Å². The maximum Gasteiger partial charge on any atom is 0.0458 e.